The third-order valence-electron chi connectivity index (χ3n) is 3.24. The monoisotopic (exact) mass is 291 g/mol. The molecule has 2 atom stereocenters. The Balaban J connectivity index is 2.19. The molecule has 0 aromatic heterocycles. The summed E-state index contributed by atoms with van der Waals surface area (Å²) in [4.78, 5) is 16.9. The second-order valence-electron chi connectivity index (χ2n) is 4.62. The smallest absolute Gasteiger partial charge is 0.272 e. The van der Waals surface area contributed by atoms with Gasteiger partial charge in [-0.05, 0) is 24.6 Å². The molecule has 1 aliphatic rings. The minimum absolute atomic E-state index is 0.151. The van der Waals surface area contributed by atoms with E-state index in [1.165, 1.54) is 24.3 Å². The van der Waals surface area contributed by atoms with Crippen LogP contribution in [-0.4, -0.2) is 23.8 Å². The lowest BCUT2D eigenvalue weighted by Crippen LogP contribution is -2.40. The van der Waals surface area contributed by atoms with E-state index in [2.05, 4.69) is 0 Å². The van der Waals surface area contributed by atoms with E-state index >= 15 is 0 Å². The van der Waals surface area contributed by atoms with Gasteiger partial charge in [-0.15, -0.1) is 0 Å². The van der Waals surface area contributed by atoms with E-state index in [-0.39, 0.29) is 6.61 Å². The molecule has 1 aromatic carbocycles. The first-order valence-electron chi connectivity index (χ1n) is 6.09. The van der Waals surface area contributed by atoms with E-state index in [0.717, 1.165) is 12.0 Å². The third-order valence-corrected chi connectivity index (χ3v) is 3.24. The van der Waals surface area contributed by atoms with Gasteiger partial charge in [0.1, 0.15) is 11.7 Å². The number of carbonyl (C=O) groups is 1. The molecule has 1 unspecified atom stereocenters. The molecule has 2 rings (SSSR count). The van der Waals surface area contributed by atoms with Gasteiger partial charge in [-0.2, -0.15) is 13.2 Å². The number of halogens is 4. The van der Waals surface area contributed by atoms with Gasteiger partial charge in [0.15, 0.2) is 0 Å². The Hall–Kier alpha value is -1.63. The van der Waals surface area contributed by atoms with Crippen molar-refractivity contribution in [2.45, 2.75) is 25.6 Å². The minimum atomic E-state index is -4.61. The number of rotatable bonds is 2. The highest BCUT2D eigenvalue weighted by Gasteiger charge is 2.46. The molecule has 20 heavy (non-hydrogen) atoms. The van der Waals surface area contributed by atoms with Crippen molar-refractivity contribution in [3.05, 3.63) is 35.6 Å². The molecule has 0 bridgehead atoms. The maximum absolute atomic E-state index is 12.9. The van der Waals surface area contributed by atoms with Crippen LogP contribution in [0.5, 0.6) is 0 Å². The Morgan fingerprint density at radius 2 is 1.95 bits per heavy atom. The van der Waals surface area contributed by atoms with Crippen LogP contribution < -0.4 is 0 Å². The average Bonchev–Trinajstić information content (AvgIpc) is 2.86. The van der Waals surface area contributed by atoms with E-state index in [1.54, 1.807) is 0 Å². The van der Waals surface area contributed by atoms with Gasteiger partial charge in [-0.3, -0.25) is 9.63 Å². The highest BCUT2D eigenvalue weighted by Crippen LogP contribution is 2.35. The Labute approximate surface area is 113 Å². The second-order valence-corrected chi connectivity index (χ2v) is 4.62. The van der Waals surface area contributed by atoms with Crippen molar-refractivity contribution in [2.75, 3.05) is 6.61 Å². The first-order valence-corrected chi connectivity index (χ1v) is 6.09. The predicted octanol–water partition coefficient (Wildman–Crippen LogP) is 3.23. The normalized spacial score (nSPS) is 21.1. The van der Waals surface area contributed by atoms with Crippen molar-refractivity contribution in [1.29, 1.82) is 0 Å². The number of carbonyl (C=O) groups excluding carboxylic acids is 1. The van der Waals surface area contributed by atoms with Crippen LogP contribution in [0.3, 0.4) is 0 Å². The topological polar surface area (TPSA) is 29.5 Å². The van der Waals surface area contributed by atoms with Gasteiger partial charge < -0.3 is 0 Å². The standard InChI is InChI=1S/C13H13F4NO2/c1-8(13(15,16)17)12(19)18-11(6-7-20-18)9-2-4-10(14)5-3-9/h2-5,8,11H,6-7H2,1H3/t8?,11-/m0/s1. The van der Waals surface area contributed by atoms with Crippen molar-refractivity contribution >= 4 is 5.91 Å². The molecule has 3 nitrogen and oxygen atoms in total. The molecule has 1 aromatic rings. The molecule has 0 aliphatic carbocycles. The van der Waals surface area contributed by atoms with Gasteiger partial charge in [0.2, 0.25) is 0 Å². The van der Waals surface area contributed by atoms with Gasteiger partial charge in [0, 0.05) is 6.42 Å². The molecule has 1 heterocycles. The molecule has 0 saturated carbocycles. The zero-order valence-corrected chi connectivity index (χ0v) is 10.7. The van der Waals surface area contributed by atoms with Crippen LogP contribution >= 0.6 is 0 Å². The van der Waals surface area contributed by atoms with Crippen molar-refractivity contribution < 1.29 is 27.2 Å². The highest BCUT2D eigenvalue weighted by atomic mass is 19.4. The molecule has 1 amide bonds. The Morgan fingerprint density at radius 3 is 2.50 bits per heavy atom. The summed E-state index contributed by atoms with van der Waals surface area (Å²) < 4.78 is 50.6. The summed E-state index contributed by atoms with van der Waals surface area (Å²) >= 11 is 0. The summed E-state index contributed by atoms with van der Waals surface area (Å²) in [5.74, 6) is -3.72. The summed E-state index contributed by atoms with van der Waals surface area (Å²) in [7, 11) is 0. The summed E-state index contributed by atoms with van der Waals surface area (Å²) in [6.07, 6.45) is -4.24. The fraction of sp³-hybridized carbons (Fsp3) is 0.462. The lowest BCUT2D eigenvalue weighted by molar-refractivity contribution is -0.213. The summed E-state index contributed by atoms with van der Waals surface area (Å²) in [5, 5.41) is 0.755. The van der Waals surface area contributed by atoms with Crippen molar-refractivity contribution in [1.82, 2.24) is 5.06 Å². The highest BCUT2D eigenvalue weighted by molar-refractivity contribution is 5.79. The summed E-state index contributed by atoms with van der Waals surface area (Å²) in [6.45, 7) is 0.949. The number of alkyl halides is 3. The zero-order chi connectivity index (χ0) is 14.9. The van der Waals surface area contributed by atoms with Crippen LogP contribution in [-0.2, 0) is 9.63 Å². The zero-order valence-electron chi connectivity index (χ0n) is 10.7. The lowest BCUT2D eigenvalue weighted by Gasteiger charge is -2.26. The Bertz CT molecular complexity index is 486. The van der Waals surface area contributed by atoms with Gasteiger partial charge in [0.25, 0.3) is 5.91 Å². The van der Waals surface area contributed by atoms with Gasteiger partial charge in [0.05, 0.1) is 12.6 Å². The fourth-order valence-corrected chi connectivity index (χ4v) is 2.00. The molecule has 0 N–H and O–H groups in total. The van der Waals surface area contributed by atoms with Crippen molar-refractivity contribution in [3.8, 4) is 0 Å². The van der Waals surface area contributed by atoms with Gasteiger partial charge in [-0.1, -0.05) is 12.1 Å². The van der Waals surface area contributed by atoms with E-state index in [1.807, 2.05) is 0 Å². The molecule has 7 heteroatoms. The fourth-order valence-electron chi connectivity index (χ4n) is 2.00. The molecule has 0 spiro atoms. The first-order chi connectivity index (χ1) is 9.30. The van der Waals surface area contributed by atoms with E-state index < -0.39 is 29.9 Å². The van der Waals surface area contributed by atoms with E-state index in [9.17, 15) is 22.4 Å². The summed E-state index contributed by atoms with van der Waals surface area (Å²) in [5.41, 5.74) is 0.548. The minimum Gasteiger partial charge on any atom is -0.272 e. The molecule has 110 valence electrons. The van der Waals surface area contributed by atoms with Gasteiger partial charge in [-0.25, -0.2) is 9.45 Å². The predicted molar refractivity (Wildman–Crippen MR) is 61.8 cm³/mol. The van der Waals surface area contributed by atoms with Crippen LogP contribution in [0.1, 0.15) is 24.9 Å². The van der Waals surface area contributed by atoms with Crippen LogP contribution in [0.4, 0.5) is 17.6 Å². The molecular weight excluding hydrogens is 278 g/mol. The molecule has 0 radical (unpaired) electrons. The molecule has 1 fully saturated rings. The third kappa shape index (κ3) is 2.92. The molecule has 1 saturated heterocycles. The van der Waals surface area contributed by atoms with Gasteiger partial charge >= 0.3 is 6.18 Å². The van der Waals surface area contributed by atoms with Crippen molar-refractivity contribution in [2.24, 2.45) is 5.92 Å². The van der Waals surface area contributed by atoms with Crippen LogP contribution in [0.15, 0.2) is 24.3 Å². The Morgan fingerprint density at radius 1 is 1.35 bits per heavy atom. The largest absolute Gasteiger partial charge is 0.400 e. The number of nitrogens with zero attached hydrogens (tertiary/aromatic N) is 1. The second kappa shape index (κ2) is 5.40. The SMILES string of the molecule is CC(C(=O)N1OCC[C@H]1c1ccc(F)cc1)C(F)(F)F. The van der Waals surface area contributed by atoms with E-state index in [0.29, 0.717) is 12.0 Å². The maximum atomic E-state index is 12.9. The maximum Gasteiger partial charge on any atom is 0.400 e. The number of hydrogen-bond donors (Lipinski definition) is 0. The van der Waals surface area contributed by atoms with Crippen LogP contribution in [0.2, 0.25) is 0 Å². The van der Waals surface area contributed by atoms with E-state index in [4.69, 9.17) is 4.84 Å². The number of benzene rings is 1. The number of amides is 1. The quantitative estimate of drug-likeness (QED) is 0.783. The van der Waals surface area contributed by atoms with Crippen LogP contribution in [0, 0.1) is 11.7 Å². The number of hydrogen-bond acceptors (Lipinski definition) is 2. The van der Waals surface area contributed by atoms with Crippen molar-refractivity contribution in [3.63, 3.8) is 0 Å². The lowest BCUT2D eigenvalue weighted by atomic mass is 10.0. The number of hydroxylamine groups is 2. The first kappa shape index (κ1) is 14.8. The van der Waals surface area contributed by atoms with Crippen LogP contribution in [0.25, 0.3) is 0 Å². The average molecular weight is 291 g/mol. The molecular formula is C13H13F4NO2. The summed E-state index contributed by atoms with van der Waals surface area (Å²) in [6, 6.07) is 4.65. The molecule has 1 aliphatic heterocycles. The Kier molecular flexibility index (Phi) is 3.99.